The zero-order valence-corrected chi connectivity index (χ0v) is 16.4. The van der Waals surface area contributed by atoms with Crippen molar-refractivity contribution in [1.29, 1.82) is 0 Å². The number of hydrogen-bond donors (Lipinski definition) is 1. The van der Waals surface area contributed by atoms with Crippen molar-refractivity contribution in [1.82, 2.24) is 24.9 Å². The number of nitrogens with one attached hydrogen (secondary N) is 1. The van der Waals surface area contributed by atoms with Gasteiger partial charge in [-0.1, -0.05) is 17.8 Å². The minimum absolute atomic E-state index is 0.0341. The minimum Gasteiger partial charge on any atom is -0.359 e. The molecule has 4 rings (SSSR count). The Labute approximate surface area is 161 Å². The molecule has 0 spiro atoms. The Morgan fingerprint density at radius 1 is 1.31 bits per heavy atom. The largest absolute Gasteiger partial charge is 0.359 e. The van der Waals surface area contributed by atoms with E-state index < -0.39 is 0 Å². The fourth-order valence-electron chi connectivity index (χ4n) is 3.68. The monoisotopic (exact) mass is 392 g/mol. The van der Waals surface area contributed by atoms with Gasteiger partial charge in [-0.3, -0.25) is 9.69 Å². The normalized spacial score (nSPS) is 20.7. The third-order valence-electron chi connectivity index (χ3n) is 5.10. The van der Waals surface area contributed by atoms with E-state index in [0.717, 1.165) is 53.9 Å². The molecule has 7 nitrogen and oxygen atoms in total. The standard InChI is InChI=1S/C17H24N6OS2/c24-16-9-13-11-25-8-4-15(13)21-23(16)7-6-22-5-2-1-3-14(22)10-18-17-20-19-12-26-17/h9,12,14H,1-8,10-11H2,(H,18,20). The summed E-state index contributed by atoms with van der Waals surface area (Å²) < 4.78 is 1.67. The van der Waals surface area contributed by atoms with Crippen molar-refractivity contribution in [2.75, 3.05) is 30.7 Å². The van der Waals surface area contributed by atoms with Gasteiger partial charge in [-0.05, 0) is 30.7 Å². The lowest BCUT2D eigenvalue weighted by Crippen LogP contribution is -2.45. The Morgan fingerprint density at radius 3 is 3.15 bits per heavy atom. The molecule has 0 aromatic carbocycles. The quantitative estimate of drug-likeness (QED) is 0.804. The van der Waals surface area contributed by atoms with E-state index in [1.54, 1.807) is 16.3 Å². The van der Waals surface area contributed by atoms with Crippen molar-refractivity contribution in [2.24, 2.45) is 0 Å². The van der Waals surface area contributed by atoms with Crippen LogP contribution in [0, 0.1) is 0 Å². The second-order valence-corrected chi connectivity index (χ2v) is 8.73. The van der Waals surface area contributed by atoms with E-state index in [1.165, 1.54) is 30.6 Å². The smallest absolute Gasteiger partial charge is 0.267 e. The van der Waals surface area contributed by atoms with Gasteiger partial charge in [0.05, 0.1) is 12.2 Å². The molecule has 0 bridgehead atoms. The molecule has 2 aromatic heterocycles. The number of thioether (sulfide) groups is 1. The van der Waals surface area contributed by atoms with Crippen molar-refractivity contribution in [3.8, 4) is 0 Å². The second-order valence-electron chi connectivity index (χ2n) is 6.79. The summed E-state index contributed by atoms with van der Waals surface area (Å²) in [7, 11) is 0. The molecule has 2 aliphatic heterocycles. The first kappa shape index (κ1) is 17.9. The Hall–Kier alpha value is -1.45. The van der Waals surface area contributed by atoms with Crippen LogP contribution in [0.15, 0.2) is 16.4 Å². The highest BCUT2D eigenvalue weighted by atomic mass is 32.2. The number of fused-ring (bicyclic) bond motifs is 1. The predicted octanol–water partition coefficient (Wildman–Crippen LogP) is 1.85. The predicted molar refractivity (Wildman–Crippen MR) is 106 cm³/mol. The first-order valence-corrected chi connectivity index (χ1v) is 11.2. The lowest BCUT2D eigenvalue weighted by molar-refractivity contribution is 0.148. The van der Waals surface area contributed by atoms with Crippen molar-refractivity contribution < 1.29 is 0 Å². The number of piperidine rings is 1. The van der Waals surface area contributed by atoms with E-state index in [1.807, 2.05) is 11.8 Å². The van der Waals surface area contributed by atoms with Gasteiger partial charge in [0.15, 0.2) is 0 Å². The van der Waals surface area contributed by atoms with Gasteiger partial charge >= 0.3 is 0 Å². The van der Waals surface area contributed by atoms with Gasteiger partial charge < -0.3 is 5.32 Å². The Balaban J connectivity index is 1.38. The molecule has 0 saturated carbocycles. The molecule has 1 unspecified atom stereocenters. The van der Waals surface area contributed by atoms with Crippen molar-refractivity contribution in [3.63, 3.8) is 0 Å². The summed E-state index contributed by atoms with van der Waals surface area (Å²) in [4.78, 5) is 14.9. The summed E-state index contributed by atoms with van der Waals surface area (Å²) in [6.07, 6.45) is 4.63. The SMILES string of the molecule is O=c1cc2c(nn1CCN1CCCCC1CNc1nncs1)CCSC2. The summed E-state index contributed by atoms with van der Waals surface area (Å²) in [6.45, 7) is 3.48. The molecule has 1 atom stereocenters. The van der Waals surface area contributed by atoms with Gasteiger partial charge in [-0.2, -0.15) is 16.9 Å². The maximum absolute atomic E-state index is 12.4. The summed E-state index contributed by atoms with van der Waals surface area (Å²) in [5, 5.41) is 16.8. The van der Waals surface area contributed by atoms with E-state index in [2.05, 4.69) is 25.5 Å². The molecular weight excluding hydrogens is 368 g/mol. The van der Waals surface area contributed by atoms with Crippen LogP contribution in [-0.2, 0) is 18.7 Å². The zero-order valence-electron chi connectivity index (χ0n) is 14.8. The van der Waals surface area contributed by atoms with Crippen LogP contribution in [0.2, 0.25) is 0 Å². The van der Waals surface area contributed by atoms with Crippen LogP contribution in [0.1, 0.15) is 30.5 Å². The van der Waals surface area contributed by atoms with Gasteiger partial charge in [-0.25, -0.2) is 4.68 Å². The molecule has 1 fully saturated rings. The molecular formula is C17H24N6OS2. The fourth-order valence-corrected chi connectivity index (χ4v) is 5.08. The maximum atomic E-state index is 12.4. The topological polar surface area (TPSA) is 75.9 Å². The van der Waals surface area contributed by atoms with Crippen molar-refractivity contribution in [2.45, 2.75) is 44.0 Å². The van der Waals surface area contributed by atoms with Gasteiger partial charge in [0.25, 0.3) is 5.56 Å². The van der Waals surface area contributed by atoms with Gasteiger partial charge in [0, 0.05) is 37.4 Å². The van der Waals surface area contributed by atoms with Crippen molar-refractivity contribution >= 4 is 28.2 Å². The Kier molecular flexibility index (Phi) is 5.86. The van der Waals surface area contributed by atoms with Gasteiger partial charge in [0.1, 0.15) is 5.51 Å². The highest BCUT2D eigenvalue weighted by Gasteiger charge is 2.23. The lowest BCUT2D eigenvalue weighted by atomic mass is 10.0. The molecule has 4 heterocycles. The van der Waals surface area contributed by atoms with E-state index in [0.29, 0.717) is 12.6 Å². The fraction of sp³-hybridized carbons (Fsp3) is 0.647. The third kappa shape index (κ3) is 4.27. The number of hydrogen-bond acceptors (Lipinski definition) is 8. The number of rotatable bonds is 6. The van der Waals surface area contributed by atoms with Crippen LogP contribution in [0.25, 0.3) is 0 Å². The molecule has 0 radical (unpaired) electrons. The molecule has 0 aliphatic carbocycles. The third-order valence-corrected chi connectivity index (χ3v) is 6.76. The van der Waals surface area contributed by atoms with Gasteiger partial charge in [0.2, 0.25) is 5.13 Å². The summed E-state index contributed by atoms with van der Waals surface area (Å²) in [6, 6.07) is 2.26. The molecule has 140 valence electrons. The van der Waals surface area contributed by atoms with Crippen LogP contribution in [0.3, 0.4) is 0 Å². The average Bonchev–Trinajstić information content (AvgIpc) is 3.19. The highest BCUT2D eigenvalue weighted by molar-refractivity contribution is 7.98. The Morgan fingerprint density at radius 2 is 2.27 bits per heavy atom. The van der Waals surface area contributed by atoms with Crippen LogP contribution in [0.4, 0.5) is 5.13 Å². The van der Waals surface area contributed by atoms with Crippen LogP contribution in [-0.4, -0.2) is 56.3 Å². The number of aromatic nitrogens is 4. The molecule has 26 heavy (non-hydrogen) atoms. The average molecular weight is 393 g/mol. The van der Waals surface area contributed by atoms with E-state index in [9.17, 15) is 4.79 Å². The first-order chi connectivity index (χ1) is 12.8. The van der Waals surface area contributed by atoms with Crippen molar-refractivity contribution in [3.05, 3.63) is 33.2 Å². The molecule has 1 N–H and O–H groups in total. The molecule has 0 amide bonds. The highest BCUT2D eigenvalue weighted by Crippen LogP contribution is 2.21. The Bertz CT molecular complexity index is 778. The number of likely N-dealkylation sites (tertiary alicyclic amines) is 1. The minimum atomic E-state index is 0.0341. The van der Waals surface area contributed by atoms with Crippen LogP contribution in [0.5, 0.6) is 0 Å². The lowest BCUT2D eigenvalue weighted by Gasteiger charge is -2.35. The van der Waals surface area contributed by atoms with E-state index in [4.69, 9.17) is 0 Å². The first-order valence-electron chi connectivity index (χ1n) is 9.21. The second kappa shape index (κ2) is 8.49. The van der Waals surface area contributed by atoms with E-state index >= 15 is 0 Å². The number of nitrogens with zero attached hydrogens (tertiary/aromatic N) is 5. The van der Waals surface area contributed by atoms with E-state index in [-0.39, 0.29) is 5.56 Å². The summed E-state index contributed by atoms with van der Waals surface area (Å²) >= 11 is 3.41. The molecule has 2 aromatic rings. The molecule has 2 aliphatic rings. The summed E-state index contributed by atoms with van der Waals surface area (Å²) in [5.41, 5.74) is 4.01. The van der Waals surface area contributed by atoms with Gasteiger partial charge in [-0.15, -0.1) is 10.2 Å². The van der Waals surface area contributed by atoms with Crippen LogP contribution < -0.4 is 10.9 Å². The maximum Gasteiger partial charge on any atom is 0.267 e. The molecule has 9 heteroatoms. The number of aryl methyl sites for hydroxylation is 1. The summed E-state index contributed by atoms with van der Waals surface area (Å²) in [5.74, 6) is 2.02. The van der Waals surface area contributed by atoms with Crippen LogP contribution >= 0.6 is 23.1 Å². The zero-order chi connectivity index (χ0) is 17.8. The molecule has 1 saturated heterocycles. The number of anilines is 1.